The van der Waals surface area contributed by atoms with E-state index < -0.39 is 39.4 Å². The van der Waals surface area contributed by atoms with Gasteiger partial charge in [0.05, 0.1) is 146 Å². The first-order chi connectivity index (χ1) is 38.6. The summed E-state index contributed by atoms with van der Waals surface area (Å²) in [5.74, 6) is -1.92. The van der Waals surface area contributed by atoms with Crippen molar-refractivity contribution in [2.75, 3.05) is 132 Å². The van der Waals surface area contributed by atoms with Crippen molar-refractivity contribution in [3.05, 3.63) is 172 Å². The summed E-state index contributed by atoms with van der Waals surface area (Å²) in [6.45, 7) is 39.9. The summed E-state index contributed by atoms with van der Waals surface area (Å²) in [7, 11) is 0. The Bertz CT molecular complexity index is 2140. The second-order valence-electron chi connectivity index (χ2n) is 19.8. The molecule has 0 aliphatic heterocycles. The van der Waals surface area contributed by atoms with E-state index in [2.05, 4.69) is 52.6 Å². The van der Waals surface area contributed by atoms with E-state index in [1.807, 2.05) is 20.8 Å². The molecule has 0 aliphatic rings. The molecule has 0 aliphatic carbocycles. The highest BCUT2D eigenvalue weighted by Crippen LogP contribution is 2.33. The van der Waals surface area contributed by atoms with Gasteiger partial charge in [-0.15, -0.1) is 52.6 Å². The molecule has 0 radical (unpaired) electrons. The van der Waals surface area contributed by atoms with Crippen LogP contribution in [-0.2, 0) is 56.8 Å². The van der Waals surface area contributed by atoms with E-state index in [-0.39, 0.29) is 148 Å². The third-order valence-corrected chi connectivity index (χ3v) is 13.0. The minimum Gasteiger partial charge on any atom is -0.461 e. The van der Waals surface area contributed by atoms with Crippen LogP contribution in [-0.4, -0.2) is 167 Å². The Morgan fingerprint density at radius 2 is 0.600 bits per heavy atom. The number of ether oxygens (including phenoxy) is 12. The first-order valence-electron chi connectivity index (χ1n) is 27.0. The zero-order valence-corrected chi connectivity index (χ0v) is 48.2. The molecule has 0 spiro atoms. The lowest BCUT2D eigenvalue weighted by Gasteiger charge is -2.38. The predicted molar refractivity (Wildman–Crippen MR) is 311 cm³/mol. The highest BCUT2D eigenvalue weighted by molar-refractivity contribution is 6.04. The molecule has 0 saturated carbocycles. The maximum atomic E-state index is 14.6. The van der Waals surface area contributed by atoms with Crippen molar-refractivity contribution in [1.29, 1.82) is 0 Å². The fourth-order valence-corrected chi connectivity index (χ4v) is 8.08. The van der Waals surface area contributed by atoms with Crippen molar-refractivity contribution in [2.24, 2.45) is 16.2 Å². The number of benzene rings is 2. The zero-order chi connectivity index (χ0) is 59.2. The highest BCUT2D eigenvalue weighted by atomic mass is 16.6. The van der Waals surface area contributed by atoms with Gasteiger partial charge in [0.2, 0.25) is 0 Å². The standard InChI is InChI=1S/C64H90O16/c1-13-32-69-40-61(41-70-33-14-2,42-71-34-15-3)48-77-58(67)55-30-26-53(27-31-55)57(66)64(22-10,23-11)80-51-63(46-75-38-19-7,47-76-39-20-8)49-78-59(68)54-28-24-52(25-29-54)56(65)60(12,21-9)79-50-62(43-72-35-16-4,44-73-36-17-5)45-74-37-18-6/h13-20,24-31H,1-8,21-23,32-51H2,9-12H3. The number of rotatable bonds is 51. The van der Waals surface area contributed by atoms with Gasteiger partial charge in [0, 0.05) is 11.1 Å². The van der Waals surface area contributed by atoms with E-state index in [1.165, 1.54) is 24.3 Å². The molecule has 0 bridgehead atoms. The number of ketones is 2. The summed E-state index contributed by atoms with van der Waals surface area (Å²) >= 11 is 0. The molecule has 0 heterocycles. The van der Waals surface area contributed by atoms with Crippen LogP contribution in [0, 0.1) is 16.2 Å². The van der Waals surface area contributed by atoms with Crippen LogP contribution in [0.3, 0.4) is 0 Å². The molecular weight excluding hydrogens is 1020 g/mol. The molecule has 0 fully saturated rings. The van der Waals surface area contributed by atoms with Crippen LogP contribution in [0.1, 0.15) is 88.4 Å². The molecule has 2 aromatic rings. The van der Waals surface area contributed by atoms with E-state index in [4.69, 9.17) is 56.8 Å². The van der Waals surface area contributed by atoms with Crippen LogP contribution < -0.4 is 0 Å². The second kappa shape index (κ2) is 38.8. The van der Waals surface area contributed by atoms with Gasteiger partial charge in [-0.25, -0.2) is 9.59 Å². The Morgan fingerprint density at radius 1 is 0.350 bits per heavy atom. The van der Waals surface area contributed by atoms with Gasteiger partial charge >= 0.3 is 11.9 Å². The number of carbonyl (C=O) groups excluding carboxylic acids is 4. The first kappa shape index (κ1) is 70.3. The quantitative estimate of drug-likeness (QED) is 0.0264. The van der Waals surface area contributed by atoms with Crippen LogP contribution in [0.25, 0.3) is 0 Å². The predicted octanol–water partition coefficient (Wildman–Crippen LogP) is 10.4. The van der Waals surface area contributed by atoms with E-state index >= 15 is 0 Å². The third-order valence-electron chi connectivity index (χ3n) is 13.0. The number of esters is 2. The smallest absolute Gasteiger partial charge is 0.338 e. The summed E-state index contributed by atoms with van der Waals surface area (Å²) in [5, 5.41) is 0. The molecule has 16 heteroatoms. The van der Waals surface area contributed by atoms with Crippen LogP contribution in [0.2, 0.25) is 0 Å². The maximum Gasteiger partial charge on any atom is 0.338 e. The van der Waals surface area contributed by atoms with Crippen LogP contribution in [0.15, 0.2) is 150 Å². The third kappa shape index (κ3) is 23.4. The summed E-state index contributed by atoms with van der Waals surface area (Å²) in [6.07, 6.45) is 13.8. The van der Waals surface area contributed by atoms with E-state index in [0.717, 1.165) is 0 Å². The van der Waals surface area contributed by atoms with Gasteiger partial charge in [0.25, 0.3) is 0 Å². The number of hydrogen-bond acceptors (Lipinski definition) is 16. The first-order valence-corrected chi connectivity index (χ1v) is 27.0. The Kier molecular flexibility index (Phi) is 34.1. The molecular formula is C64H90O16. The molecule has 1 unspecified atom stereocenters. The minimum atomic E-state index is -1.35. The molecule has 1 atom stereocenters. The monoisotopic (exact) mass is 1110 g/mol. The van der Waals surface area contributed by atoms with E-state index in [0.29, 0.717) is 37.4 Å². The van der Waals surface area contributed by atoms with Gasteiger partial charge in [-0.1, -0.05) is 93.6 Å². The molecule has 442 valence electrons. The van der Waals surface area contributed by atoms with Crippen molar-refractivity contribution < 1.29 is 76.0 Å². The Morgan fingerprint density at radius 3 is 0.875 bits per heavy atom. The lowest BCUT2D eigenvalue weighted by atomic mass is 9.86. The van der Waals surface area contributed by atoms with E-state index in [9.17, 15) is 19.2 Å². The van der Waals surface area contributed by atoms with E-state index in [1.54, 1.807) is 79.8 Å². The average molecular weight is 1120 g/mol. The topological polar surface area (TPSA) is 179 Å². The van der Waals surface area contributed by atoms with Crippen LogP contribution in [0.4, 0.5) is 0 Å². The SMILES string of the molecule is C=CCOCC(COCC=C)(COCC=C)COC(=O)c1ccc(C(=O)C(CC)(CC)OCC(COCC=C)(COCC=C)COC(=O)c2ccc(C(=O)C(C)(CC)OCC(COCC=C)(COCC=C)COCC=C)cc2)cc1. The summed E-state index contributed by atoms with van der Waals surface area (Å²) < 4.78 is 72.1. The molecule has 80 heavy (non-hydrogen) atoms. The molecule has 0 aromatic heterocycles. The molecule has 2 aromatic carbocycles. The van der Waals surface area contributed by atoms with Gasteiger partial charge in [0.1, 0.15) is 24.4 Å². The van der Waals surface area contributed by atoms with Crippen molar-refractivity contribution in [3.8, 4) is 0 Å². The molecule has 2 rings (SSSR count). The average Bonchev–Trinajstić information content (AvgIpc) is 3.56. The fraction of sp³-hybridized carbons (Fsp3) is 0.500. The van der Waals surface area contributed by atoms with Crippen molar-refractivity contribution >= 4 is 23.5 Å². The van der Waals surface area contributed by atoms with Crippen LogP contribution >= 0.6 is 0 Å². The van der Waals surface area contributed by atoms with Crippen LogP contribution in [0.5, 0.6) is 0 Å². The molecule has 0 saturated heterocycles. The summed E-state index contributed by atoms with van der Waals surface area (Å²) in [4.78, 5) is 56.2. The number of carbonyl (C=O) groups is 4. The Balaban J connectivity index is 2.39. The maximum absolute atomic E-state index is 14.6. The molecule has 16 nitrogen and oxygen atoms in total. The fourth-order valence-electron chi connectivity index (χ4n) is 8.08. The lowest BCUT2D eigenvalue weighted by Crippen LogP contribution is -2.48. The molecule has 0 N–H and O–H groups in total. The van der Waals surface area contributed by atoms with Gasteiger partial charge in [-0.05, 0) is 50.5 Å². The van der Waals surface area contributed by atoms with Crippen molar-refractivity contribution in [2.45, 2.75) is 58.2 Å². The minimum absolute atomic E-state index is 0.00809. The van der Waals surface area contributed by atoms with Gasteiger partial charge in [-0.3, -0.25) is 9.59 Å². The van der Waals surface area contributed by atoms with Gasteiger partial charge in [-0.2, -0.15) is 0 Å². The summed E-state index contributed by atoms with van der Waals surface area (Å²) in [6, 6.07) is 12.3. The molecule has 0 amide bonds. The second-order valence-corrected chi connectivity index (χ2v) is 19.8. The summed E-state index contributed by atoms with van der Waals surface area (Å²) in [5.41, 5.74) is -4.40. The van der Waals surface area contributed by atoms with Crippen molar-refractivity contribution in [1.82, 2.24) is 0 Å². The highest BCUT2D eigenvalue weighted by Gasteiger charge is 2.43. The Labute approximate surface area is 476 Å². The zero-order valence-electron chi connectivity index (χ0n) is 48.2. The number of Topliss-reactive ketones (excluding diaryl/α,β-unsaturated/α-hetero) is 2. The van der Waals surface area contributed by atoms with Gasteiger partial charge < -0.3 is 56.8 Å². The largest absolute Gasteiger partial charge is 0.461 e. The normalized spacial score (nSPS) is 12.6. The Hall–Kier alpha value is -5.76. The lowest BCUT2D eigenvalue weighted by molar-refractivity contribution is -0.126. The number of hydrogen-bond donors (Lipinski definition) is 0. The van der Waals surface area contributed by atoms with Crippen molar-refractivity contribution in [3.63, 3.8) is 0 Å². The van der Waals surface area contributed by atoms with Gasteiger partial charge in [0.15, 0.2) is 11.6 Å².